The van der Waals surface area contributed by atoms with Gasteiger partial charge in [0.1, 0.15) is 0 Å². The molecule has 2 rings (SSSR count). The lowest BCUT2D eigenvalue weighted by Crippen LogP contribution is -2.30. The first-order valence-electron chi connectivity index (χ1n) is 6.23. The van der Waals surface area contributed by atoms with Crippen molar-refractivity contribution in [3.63, 3.8) is 0 Å². The summed E-state index contributed by atoms with van der Waals surface area (Å²) in [7, 11) is 0. The minimum atomic E-state index is -0.324. The summed E-state index contributed by atoms with van der Waals surface area (Å²) in [6.45, 7) is 0.692. The van der Waals surface area contributed by atoms with Gasteiger partial charge in [0.15, 0.2) is 5.76 Å². The zero-order chi connectivity index (χ0) is 14.2. The lowest BCUT2D eigenvalue weighted by Gasteiger charge is -2.05. The molecule has 0 aliphatic carbocycles. The van der Waals surface area contributed by atoms with E-state index in [0.717, 1.165) is 5.56 Å². The van der Waals surface area contributed by atoms with Gasteiger partial charge in [-0.15, -0.1) is 0 Å². The molecule has 0 bridgehead atoms. The van der Waals surface area contributed by atoms with Crippen molar-refractivity contribution in [3.05, 3.63) is 54.2 Å². The van der Waals surface area contributed by atoms with Crippen LogP contribution in [0.25, 0.3) is 0 Å². The molecule has 0 atom stereocenters. The van der Waals surface area contributed by atoms with Crippen molar-refractivity contribution >= 4 is 11.8 Å². The Bertz CT molecular complexity index is 552. The van der Waals surface area contributed by atoms with Crippen LogP contribution in [0.1, 0.15) is 22.5 Å². The van der Waals surface area contributed by atoms with E-state index in [1.807, 2.05) is 12.1 Å². The third-order valence-electron chi connectivity index (χ3n) is 2.60. The topological polar surface area (TPSA) is 84.2 Å². The summed E-state index contributed by atoms with van der Waals surface area (Å²) in [6.07, 6.45) is 5.01. The lowest BCUT2D eigenvalue weighted by atomic mass is 10.3. The van der Waals surface area contributed by atoms with Crippen LogP contribution in [0, 0.1) is 0 Å². The SMILES string of the molecule is O=C(CCNC(=O)c1ccco1)NCc1cccnc1. The van der Waals surface area contributed by atoms with Crippen molar-refractivity contribution < 1.29 is 14.0 Å². The first-order valence-corrected chi connectivity index (χ1v) is 6.23. The fourth-order valence-electron chi connectivity index (χ4n) is 1.58. The first-order chi connectivity index (χ1) is 9.75. The molecule has 0 saturated heterocycles. The molecule has 2 aromatic rings. The number of pyridine rings is 1. The minimum absolute atomic E-state index is 0.131. The maximum atomic E-state index is 11.6. The van der Waals surface area contributed by atoms with Gasteiger partial charge >= 0.3 is 0 Å². The molecule has 2 N–H and O–H groups in total. The molecule has 2 aromatic heterocycles. The predicted octanol–water partition coefficient (Wildman–Crippen LogP) is 1.11. The summed E-state index contributed by atoms with van der Waals surface area (Å²) in [4.78, 5) is 27.1. The summed E-state index contributed by atoms with van der Waals surface area (Å²) in [5.74, 6) is -0.218. The van der Waals surface area contributed by atoms with Crippen molar-refractivity contribution in [2.75, 3.05) is 6.54 Å². The maximum absolute atomic E-state index is 11.6. The van der Waals surface area contributed by atoms with Gasteiger partial charge in [-0.2, -0.15) is 0 Å². The molecule has 2 heterocycles. The predicted molar refractivity (Wildman–Crippen MR) is 71.7 cm³/mol. The molecule has 0 radical (unpaired) electrons. The van der Waals surface area contributed by atoms with E-state index in [4.69, 9.17) is 4.42 Å². The Morgan fingerprint density at radius 3 is 2.80 bits per heavy atom. The van der Waals surface area contributed by atoms with Gasteiger partial charge in [-0.1, -0.05) is 6.07 Å². The number of nitrogens with one attached hydrogen (secondary N) is 2. The number of nitrogens with zero attached hydrogens (tertiary/aromatic N) is 1. The van der Waals surface area contributed by atoms with Crippen LogP contribution in [0.3, 0.4) is 0 Å². The largest absolute Gasteiger partial charge is 0.459 e. The molecule has 0 aliphatic rings. The van der Waals surface area contributed by atoms with Crippen molar-refractivity contribution in [1.82, 2.24) is 15.6 Å². The van der Waals surface area contributed by atoms with Crippen LogP contribution in [0.4, 0.5) is 0 Å². The normalized spacial score (nSPS) is 10.0. The number of hydrogen-bond donors (Lipinski definition) is 2. The Hall–Kier alpha value is -2.63. The van der Waals surface area contributed by atoms with E-state index in [2.05, 4.69) is 15.6 Å². The molecule has 20 heavy (non-hydrogen) atoms. The number of furan rings is 1. The smallest absolute Gasteiger partial charge is 0.286 e. The van der Waals surface area contributed by atoms with Crippen LogP contribution in [-0.4, -0.2) is 23.3 Å². The highest BCUT2D eigenvalue weighted by atomic mass is 16.3. The highest BCUT2D eigenvalue weighted by molar-refractivity contribution is 5.91. The van der Waals surface area contributed by atoms with Gasteiger partial charge in [0.25, 0.3) is 5.91 Å². The molecule has 2 amide bonds. The van der Waals surface area contributed by atoms with Crippen LogP contribution in [0.5, 0.6) is 0 Å². The summed E-state index contributed by atoms with van der Waals surface area (Å²) in [6, 6.07) is 6.89. The zero-order valence-electron chi connectivity index (χ0n) is 10.8. The monoisotopic (exact) mass is 273 g/mol. The average molecular weight is 273 g/mol. The Morgan fingerprint density at radius 2 is 2.10 bits per heavy atom. The number of amides is 2. The molecule has 0 unspecified atom stereocenters. The van der Waals surface area contributed by atoms with E-state index in [9.17, 15) is 9.59 Å². The van der Waals surface area contributed by atoms with Gasteiger partial charge < -0.3 is 15.1 Å². The summed E-state index contributed by atoms with van der Waals surface area (Å²) < 4.78 is 4.94. The average Bonchev–Trinajstić information content (AvgIpc) is 3.00. The summed E-state index contributed by atoms with van der Waals surface area (Å²) in [5, 5.41) is 5.36. The zero-order valence-corrected chi connectivity index (χ0v) is 10.8. The fraction of sp³-hybridized carbons (Fsp3) is 0.214. The molecular weight excluding hydrogens is 258 g/mol. The van der Waals surface area contributed by atoms with Crippen molar-refractivity contribution in [2.45, 2.75) is 13.0 Å². The van der Waals surface area contributed by atoms with E-state index in [0.29, 0.717) is 6.54 Å². The highest BCUT2D eigenvalue weighted by Crippen LogP contribution is 1.99. The third kappa shape index (κ3) is 4.24. The number of rotatable bonds is 6. The molecular formula is C14H15N3O3. The van der Waals surface area contributed by atoms with E-state index in [1.54, 1.807) is 24.5 Å². The van der Waals surface area contributed by atoms with Gasteiger partial charge in [-0.3, -0.25) is 14.6 Å². The second kappa shape index (κ2) is 7.08. The van der Waals surface area contributed by atoms with Crippen LogP contribution in [0.15, 0.2) is 47.3 Å². The van der Waals surface area contributed by atoms with Gasteiger partial charge in [-0.25, -0.2) is 0 Å². The van der Waals surface area contributed by atoms with Gasteiger partial charge in [0, 0.05) is 31.9 Å². The lowest BCUT2D eigenvalue weighted by molar-refractivity contribution is -0.121. The number of aromatic nitrogens is 1. The molecule has 0 aliphatic heterocycles. The van der Waals surface area contributed by atoms with Gasteiger partial charge in [-0.05, 0) is 23.8 Å². The second-order valence-electron chi connectivity index (χ2n) is 4.12. The Morgan fingerprint density at radius 1 is 1.20 bits per heavy atom. The molecule has 0 fully saturated rings. The molecule has 104 valence electrons. The van der Waals surface area contributed by atoms with E-state index in [1.165, 1.54) is 6.26 Å². The van der Waals surface area contributed by atoms with E-state index in [-0.39, 0.29) is 30.5 Å². The molecule has 0 saturated carbocycles. The van der Waals surface area contributed by atoms with E-state index < -0.39 is 0 Å². The summed E-state index contributed by atoms with van der Waals surface area (Å²) >= 11 is 0. The van der Waals surface area contributed by atoms with Crippen molar-refractivity contribution in [1.29, 1.82) is 0 Å². The van der Waals surface area contributed by atoms with Crippen molar-refractivity contribution in [2.24, 2.45) is 0 Å². The standard InChI is InChI=1S/C14H15N3O3/c18-13(17-10-11-3-1-6-15-9-11)5-7-16-14(19)12-4-2-8-20-12/h1-4,6,8-9H,5,7,10H2,(H,16,19)(H,17,18). The van der Waals surface area contributed by atoms with Gasteiger partial charge in [0.05, 0.1) is 6.26 Å². The fourth-order valence-corrected chi connectivity index (χ4v) is 1.58. The first kappa shape index (κ1) is 13.8. The molecule has 6 nitrogen and oxygen atoms in total. The van der Waals surface area contributed by atoms with Crippen LogP contribution >= 0.6 is 0 Å². The maximum Gasteiger partial charge on any atom is 0.286 e. The Balaban J connectivity index is 1.64. The third-order valence-corrected chi connectivity index (χ3v) is 2.60. The van der Waals surface area contributed by atoms with Crippen molar-refractivity contribution in [3.8, 4) is 0 Å². The number of carbonyl (C=O) groups excluding carboxylic acids is 2. The Kier molecular flexibility index (Phi) is 4.88. The quantitative estimate of drug-likeness (QED) is 0.825. The second-order valence-corrected chi connectivity index (χ2v) is 4.12. The van der Waals surface area contributed by atoms with Crippen LogP contribution < -0.4 is 10.6 Å². The number of hydrogen-bond acceptors (Lipinski definition) is 4. The summed E-state index contributed by atoms with van der Waals surface area (Å²) in [5.41, 5.74) is 0.931. The molecule has 0 spiro atoms. The number of carbonyl (C=O) groups is 2. The van der Waals surface area contributed by atoms with Gasteiger partial charge in [0.2, 0.25) is 5.91 Å². The minimum Gasteiger partial charge on any atom is -0.459 e. The van der Waals surface area contributed by atoms with E-state index >= 15 is 0 Å². The Labute approximate surface area is 116 Å². The highest BCUT2D eigenvalue weighted by Gasteiger charge is 2.08. The van der Waals surface area contributed by atoms with Crippen LogP contribution in [0.2, 0.25) is 0 Å². The van der Waals surface area contributed by atoms with Crippen LogP contribution in [-0.2, 0) is 11.3 Å². The molecule has 0 aromatic carbocycles. The molecule has 6 heteroatoms.